The number of rotatable bonds is 4. The molecule has 0 bridgehead atoms. The van der Waals surface area contributed by atoms with Gasteiger partial charge in [-0.05, 0) is 33.4 Å². The highest BCUT2D eigenvalue weighted by atomic mass is 16.5. The minimum atomic E-state index is 0.242. The Bertz CT molecular complexity index is 238. The van der Waals surface area contributed by atoms with E-state index < -0.39 is 0 Å². The van der Waals surface area contributed by atoms with E-state index in [-0.39, 0.29) is 5.54 Å². The number of methoxy groups -OCH3 is 1. The van der Waals surface area contributed by atoms with Crippen molar-refractivity contribution in [2.45, 2.75) is 36.9 Å². The Balaban J connectivity index is 1.92. The fraction of sp³-hybridized carbons (Fsp3) is 1.00. The summed E-state index contributed by atoms with van der Waals surface area (Å²) >= 11 is 0. The van der Waals surface area contributed by atoms with E-state index in [1.54, 1.807) is 7.11 Å². The van der Waals surface area contributed by atoms with E-state index in [4.69, 9.17) is 10.5 Å². The Morgan fingerprint density at radius 1 is 1.44 bits per heavy atom. The second kappa shape index (κ2) is 4.61. The minimum absolute atomic E-state index is 0.242. The lowest BCUT2D eigenvalue weighted by atomic mass is 9.73. The standard InChI is InChI=1S/C12H25N3O/c1-14(2)10-4-5-15(8-10)12(9-13)6-11(7-12)16-3/h10-11H,4-9,13H2,1-3H3. The third-order valence-electron chi connectivity index (χ3n) is 4.49. The summed E-state index contributed by atoms with van der Waals surface area (Å²) < 4.78 is 5.38. The lowest BCUT2D eigenvalue weighted by molar-refractivity contribution is -0.0807. The molecule has 0 radical (unpaired) electrons. The topological polar surface area (TPSA) is 41.7 Å². The van der Waals surface area contributed by atoms with E-state index in [2.05, 4.69) is 23.9 Å². The summed E-state index contributed by atoms with van der Waals surface area (Å²) in [7, 11) is 6.14. The molecule has 16 heavy (non-hydrogen) atoms. The van der Waals surface area contributed by atoms with Crippen molar-refractivity contribution in [2.24, 2.45) is 5.73 Å². The maximum atomic E-state index is 5.98. The summed E-state index contributed by atoms with van der Waals surface area (Å²) in [4.78, 5) is 4.92. The number of ether oxygens (including phenoxy) is 1. The van der Waals surface area contributed by atoms with Gasteiger partial charge in [-0.1, -0.05) is 0 Å². The van der Waals surface area contributed by atoms with Crippen LogP contribution in [0.1, 0.15) is 19.3 Å². The van der Waals surface area contributed by atoms with Crippen LogP contribution in [-0.4, -0.2) is 68.3 Å². The summed E-state index contributed by atoms with van der Waals surface area (Å²) in [6.45, 7) is 3.13. The molecule has 1 atom stereocenters. The van der Waals surface area contributed by atoms with E-state index in [1.807, 2.05) is 0 Å². The smallest absolute Gasteiger partial charge is 0.0607 e. The van der Waals surface area contributed by atoms with E-state index >= 15 is 0 Å². The fourth-order valence-electron chi connectivity index (χ4n) is 3.10. The molecule has 2 rings (SSSR count). The molecular weight excluding hydrogens is 202 g/mol. The molecule has 0 aromatic carbocycles. The molecule has 2 aliphatic rings. The number of likely N-dealkylation sites (tertiary alicyclic amines) is 1. The Morgan fingerprint density at radius 3 is 2.56 bits per heavy atom. The Hall–Kier alpha value is -0.160. The van der Waals surface area contributed by atoms with Gasteiger partial charge < -0.3 is 15.4 Å². The molecule has 1 aliphatic carbocycles. The zero-order chi connectivity index (χ0) is 11.8. The molecule has 4 nitrogen and oxygen atoms in total. The number of nitrogens with zero attached hydrogens (tertiary/aromatic N) is 2. The van der Waals surface area contributed by atoms with Crippen LogP contribution in [0.2, 0.25) is 0 Å². The summed E-state index contributed by atoms with van der Waals surface area (Å²) in [6, 6.07) is 0.699. The van der Waals surface area contributed by atoms with Gasteiger partial charge in [-0.2, -0.15) is 0 Å². The van der Waals surface area contributed by atoms with Gasteiger partial charge in [0, 0.05) is 38.3 Å². The van der Waals surface area contributed by atoms with Gasteiger partial charge in [-0.3, -0.25) is 4.90 Å². The number of nitrogens with two attached hydrogens (primary N) is 1. The zero-order valence-corrected chi connectivity index (χ0v) is 10.8. The molecule has 1 unspecified atom stereocenters. The van der Waals surface area contributed by atoms with Gasteiger partial charge in [-0.25, -0.2) is 0 Å². The van der Waals surface area contributed by atoms with Crippen LogP contribution in [0.5, 0.6) is 0 Å². The zero-order valence-electron chi connectivity index (χ0n) is 10.8. The van der Waals surface area contributed by atoms with Crippen molar-refractivity contribution in [1.82, 2.24) is 9.80 Å². The molecule has 0 aromatic rings. The lowest BCUT2D eigenvalue weighted by Gasteiger charge is -2.52. The molecule has 4 heteroatoms. The van der Waals surface area contributed by atoms with Crippen LogP contribution in [-0.2, 0) is 4.74 Å². The molecule has 1 saturated heterocycles. The van der Waals surface area contributed by atoms with E-state index in [0.29, 0.717) is 12.1 Å². The Labute approximate surface area is 98.7 Å². The van der Waals surface area contributed by atoms with E-state index in [9.17, 15) is 0 Å². The summed E-state index contributed by atoms with van der Waals surface area (Å²) in [5, 5.41) is 0. The average Bonchev–Trinajstić information content (AvgIpc) is 2.67. The number of likely N-dealkylation sites (N-methyl/N-ethyl adjacent to an activating group) is 1. The van der Waals surface area contributed by atoms with Crippen LogP contribution in [0.4, 0.5) is 0 Å². The van der Waals surface area contributed by atoms with E-state index in [0.717, 1.165) is 19.4 Å². The average molecular weight is 227 g/mol. The molecule has 1 heterocycles. The first-order chi connectivity index (χ1) is 7.61. The first-order valence-electron chi connectivity index (χ1n) is 6.25. The molecule has 0 spiro atoms. The van der Waals surface area contributed by atoms with Crippen molar-refractivity contribution in [2.75, 3.05) is 40.8 Å². The van der Waals surface area contributed by atoms with Crippen LogP contribution in [0.25, 0.3) is 0 Å². The van der Waals surface area contributed by atoms with Gasteiger partial charge in [0.2, 0.25) is 0 Å². The molecule has 0 amide bonds. The quantitative estimate of drug-likeness (QED) is 0.741. The summed E-state index contributed by atoms with van der Waals surface area (Å²) in [5.74, 6) is 0. The second-order valence-corrected chi connectivity index (χ2v) is 5.55. The number of hydrogen-bond acceptors (Lipinski definition) is 4. The van der Waals surface area contributed by atoms with Gasteiger partial charge in [0.1, 0.15) is 0 Å². The second-order valence-electron chi connectivity index (χ2n) is 5.55. The lowest BCUT2D eigenvalue weighted by Crippen LogP contribution is -2.63. The van der Waals surface area contributed by atoms with Crippen molar-refractivity contribution < 1.29 is 4.74 Å². The van der Waals surface area contributed by atoms with Crippen molar-refractivity contribution >= 4 is 0 Å². The predicted molar refractivity (Wildman–Crippen MR) is 65.5 cm³/mol. The van der Waals surface area contributed by atoms with Crippen molar-refractivity contribution in [3.05, 3.63) is 0 Å². The maximum absolute atomic E-state index is 5.98. The maximum Gasteiger partial charge on any atom is 0.0607 e. The molecule has 0 aromatic heterocycles. The molecule has 2 fully saturated rings. The molecule has 94 valence electrons. The number of hydrogen-bond donors (Lipinski definition) is 1. The van der Waals surface area contributed by atoms with Crippen molar-refractivity contribution in [1.29, 1.82) is 0 Å². The molecule has 1 aliphatic heterocycles. The highest BCUT2D eigenvalue weighted by molar-refractivity contribution is 5.06. The molecular formula is C12H25N3O. The van der Waals surface area contributed by atoms with Crippen LogP contribution in [0, 0.1) is 0 Å². The fourth-order valence-corrected chi connectivity index (χ4v) is 3.10. The highest BCUT2D eigenvalue weighted by Crippen LogP contribution is 2.40. The largest absolute Gasteiger partial charge is 0.381 e. The van der Waals surface area contributed by atoms with Crippen LogP contribution in [0.15, 0.2) is 0 Å². The first kappa shape index (κ1) is 12.3. The van der Waals surface area contributed by atoms with Crippen LogP contribution in [0.3, 0.4) is 0 Å². The van der Waals surface area contributed by atoms with Gasteiger partial charge in [0.05, 0.1) is 6.10 Å². The summed E-state index contributed by atoms with van der Waals surface area (Å²) in [6.07, 6.45) is 3.93. The van der Waals surface area contributed by atoms with Gasteiger partial charge in [0.25, 0.3) is 0 Å². The minimum Gasteiger partial charge on any atom is -0.381 e. The van der Waals surface area contributed by atoms with Crippen LogP contribution < -0.4 is 5.73 Å². The molecule has 1 saturated carbocycles. The molecule has 2 N–H and O–H groups in total. The third kappa shape index (κ3) is 1.99. The summed E-state index contributed by atoms with van der Waals surface area (Å²) in [5.41, 5.74) is 6.22. The third-order valence-corrected chi connectivity index (χ3v) is 4.49. The highest BCUT2D eigenvalue weighted by Gasteiger charge is 2.49. The van der Waals surface area contributed by atoms with Crippen LogP contribution >= 0.6 is 0 Å². The van der Waals surface area contributed by atoms with Gasteiger partial charge in [-0.15, -0.1) is 0 Å². The SMILES string of the molecule is COC1CC(CN)(N2CCC(N(C)C)C2)C1. The first-order valence-corrected chi connectivity index (χ1v) is 6.25. The van der Waals surface area contributed by atoms with Gasteiger partial charge >= 0.3 is 0 Å². The Kier molecular flexibility index (Phi) is 3.54. The van der Waals surface area contributed by atoms with Gasteiger partial charge in [0.15, 0.2) is 0 Å². The monoisotopic (exact) mass is 227 g/mol. The predicted octanol–water partition coefficient (Wildman–Crippen LogP) is 0.129. The van der Waals surface area contributed by atoms with E-state index in [1.165, 1.54) is 19.5 Å². The van der Waals surface area contributed by atoms with Crippen molar-refractivity contribution in [3.63, 3.8) is 0 Å². The van der Waals surface area contributed by atoms with Crippen molar-refractivity contribution in [3.8, 4) is 0 Å². The normalized spacial score (nSPS) is 40.3. The Morgan fingerprint density at radius 2 is 2.12 bits per heavy atom.